The van der Waals surface area contributed by atoms with Crippen LogP contribution in [0.25, 0.3) is 0 Å². The molecule has 0 unspecified atom stereocenters. The zero-order valence-electron chi connectivity index (χ0n) is 14.1. The third kappa shape index (κ3) is 2.73. The van der Waals surface area contributed by atoms with Crippen LogP contribution in [0.15, 0.2) is 4.42 Å². The van der Waals surface area contributed by atoms with Crippen LogP contribution in [-0.2, 0) is 22.4 Å². The number of amides is 2. The van der Waals surface area contributed by atoms with Gasteiger partial charge in [-0.25, -0.2) is 0 Å². The van der Waals surface area contributed by atoms with Crippen molar-refractivity contribution in [2.45, 2.75) is 57.6 Å². The summed E-state index contributed by atoms with van der Waals surface area (Å²) in [4.78, 5) is 26.5. The van der Waals surface area contributed by atoms with Gasteiger partial charge in [-0.15, -0.1) is 0 Å². The summed E-state index contributed by atoms with van der Waals surface area (Å²) < 4.78 is 11.5. The predicted octanol–water partition coefficient (Wildman–Crippen LogP) is 1.59. The van der Waals surface area contributed by atoms with Crippen LogP contribution in [0.5, 0.6) is 0 Å². The van der Waals surface area contributed by atoms with E-state index in [1.165, 1.54) is 0 Å². The highest BCUT2D eigenvalue weighted by Gasteiger charge is 2.35. The Bertz CT molecular complexity index is 666. The van der Waals surface area contributed by atoms with Gasteiger partial charge in [0.2, 0.25) is 5.91 Å². The monoisotopic (exact) mass is 332 g/mol. The number of nitrogens with zero attached hydrogens (tertiary/aromatic N) is 1. The number of ether oxygens (including phenoxy) is 1. The van der Waals surface area contributed by atoms with Gasteiger partial charge in [0.25, 0.3) is 5.91 Å². The van der Waals surface area contributed by atoms with E-state index < -0.39 is 0 Å². The molecule has 2 saturated heterocycles. The predicted molar refractivity (Wildman–Crippen MR) is 86.9 cm³/mol. The van der Waals surface area contributed by atoms with Crippen molar-refractivity contribution in [3.8, 4) is 0 Å². The molecule has 0 radical (unpaired) electrons. The van der Waals surface area contributed by atoms with Crippen molar-refractivity contribution in [2.24, 2.45) is 0 Å². The van der Waals surface area contributed by atoms with Gasteiger partial charge in [-0.2, -0.15) is 0 Å². The van der Waals surface area contributed by atoms with Gasteiger partial charge in [0.05, 0.1) is 17.7 Å². The maximum absolute atomic E-state index is 13.1. The number of hydrogen-bond donors (Lipinski definition) is 1. The lowest BCUT2D eigenvalue weighted by molar-refractivity contribution is -0.136. The molecule has 3 heterocycles. The van der Waals surface area contributed by atoms with Crippen molar-refractivity contribution in [3.05, 3.63) is 22.6 Å². The number of fused-ring (bicyclic) bond motifs is 2. The van der Waals surface area contributed by atoms with Gasteiger partial charge < -0.3 is 19.4 Å². The van der Waals surface area contributed by atoms with Crippen LogP contribution in [0.4, 0.5) is 0 Å². The molecule has 1 aromatic heterocycles. The number of likely N-dealkylation sites (tertiary alicyclic amines) is 1. The SMILES string of the molecule is Cc1oc2c(c1C(=O)N1CC[C@@H]3NC(=O)CO[C@H]3CC1)CCCC2. The van der Waals surface area contributed by atoms with E-state index in [9.17, 15) is 9.59 Å². The normalized spacial score (nSPS) is 27.0. The third-order valence-corrected chi connectivity index (χ3v) is 5.47. The lowest BCUT2D eigenvalue weighted by Crippen LogP contribution is -2.51. The number of nitrogens with one attached hydrogen (secondary N) is 1. The van der Waals surface area contributed by atoms with Crippen molar-refractivity contribution in [1.29, 1.82) is 0 Å². The highest BCUT2D eigenvalue weighted by atomic mass is 16.5. The topological polar surface area (TPSA) is 71.8 Å². The maximum Gasteiger partial charge on any atom is 0.257 e. The third-order valence-electron chi connectivity index (χ3n) is 5.47. The van der Waals surface area contributed by atoms with Gasteiger partial charge in [-0.05, 0) is 39.0 Å². The van der Waals surface area contributed by atoms with Crippen LogP contribution in [-0.4, -0.2) is 48.6 Å². The number of carbonyl (C=O) groups excluding carboxylic acids is 2. The fraction of sp³-hybridized carbons (Fsp3) is 0.667. The number of hydrogen-bond acceptors (Lipinski definition) is 4. The molecule has 1 aromatic rings. The van der Waals surface area contributed by atoms with Crippen LogP contribution in [0.3, 0.4) is 0 Å². The molecule has 0 saturated carbocycles. The summed E-state index contributed by atoms with van der Waals surface area (Å²) in [6, 6.07) is 0.0170. The molecular formula is C18H24N2O4. The van der Waals surface area contributed by atoms with E-state index in [4.69, 9.17) is 9.15 Å². The fourth-order valence-electron chi connectivity index (χ4n) is 4.22. The largest absolute Gasteiger partial charge is 0.465 e. The Morgan fingerprint density at radius 1 is 1.21 bits per heavy atom. The first-order valence-corrected chi connectivity index (χ1v) is 8.95. The molecule has 2 atom stereocenters. The van der Waals surface area contributed by atoms with Gasteiger partial charge in [0.15, 0.2) is 0 Å². The van der Waals surface area contributed by atoms with Gasteiger partial charge in [0, 0.05) is 25.1 Å². The van der Waals surface area contributed by atoms with Crippen molar-refractivity contribution in [1.82, 2.24) is 10.2 Å². The summed E-state index contributed by atoms with van der Waals surface area (Å²) in [5.41, 5.74) is 1.90. The molecule has 6 nitrogen and oxygen atoms in total. The molecule has 6 heteroatoms. The van der Waals surface area contributed by atoms with E-state index in [1.807, 2.05) is 11.8 Å². The number of carbonyl (C=O) groups is 2. The molecule has 0 aromatic carbocycles. The number of rotatable bonds is 1. The van der Waals surface area contributed by atoms with Crippen LogP contribution >= 0.6 is 0 Å². The van der Waals surface area contributed by atoms with Crippen LogP contribution in [0.2, 0.25) is 0 Å². The van der Waals surface area contributed by atoms with Gasteiger partial charge in [-0.1, -0.05) is 0 Å². The van der Waals surface area contributed by atoms with E-state index >= 15 is 0 Å². The van der Waals surface area contributed by atoms with E-state index in [2.05, 4.69) is 5.32 Å². The first-order chi connectivity index (χ1) is 11.6. The molecule has 2 aliphatic heterocycles. The first-order valence-electron chi connectivity index (χ1n) is 8.95. The Morgan fingerprint density at radius 3 is 2.88 bits per heavy atom. The van der Waals surface area contributed by atoms with E-state index in [0.717, 1.165) is 61.2 Å². The minimum absolute atomic E-state index is 0.0138. The maximum atomic E-state index is 13.1. The van der Waals surface area contributed by atoms with Gasteiger partial charge in [-0.3, -0.25) is 9.59 Å². The van der Waals surface area contributed by atoms with Crippen LogP contribution in [0.1, 0.15) is 53.1 Å². The molecule has 3 aliphatic rings. The lowest BCUT2D eigenvalue weighted by atomic mass is 9.94. The van der Waals surface area contributed by atoms with Crippen molar-refractivity contribution in [2.75, 3.05) is 19.7 Å². The summed E-state index contributed by atoms with van der Waals surface area (Å²) in [5.74, 6) is 1.76. The zero-order valence-corrected chi connectivity index (χ0v) is 14.1. The standard InChI is InChI=1S/C18H24N2O4/c1-11-17(12-4-2-3-5-14(12)24-11)18(22)20-8-6-13-15(7-9-20)23-10-16(21)19-13/h13,15H,2-10H2,1H3,(H,19,21)/t13-,15-/m0/s1. The smallest absolute Gasteiger partial charge is 0.257 e. The Balaban J connectivity index is 1.53. The van der Waals surface area contributed by atoms with Crippen molar-refractivity contribution >= 4 is 11.8 Å². The molecule has 130 valence electrons. The molecule has 24 heavy (non-hydrogen) atoms. The summed E-state index contributed by atoms with van der Waals surface area (Å²) in [5, 5.41) is 2.99. The highest BCUT2D eigenvalue weighted by molar-refractivity contribution is 5.97. The fourth-order valence-corrected chi connectivity index (χ4v) is 4.22. The molecule has 1 N–H and O–H groups in total. The second-order valence-electron chi connectivity index (χ2n) is 7.04. The zero-order chi connectivity index (χ0) is 16.7. The minimum atomic E-state index is -0.0595. The summed E-state index contributed by atoms with van der Waals surface area (Å²) >= 11 is 0. The summed E-state index contributed by atoms with van der Waals surface area (Å²) in [6.45, 7) is 3.33. The quantitative estimate of drug-likeness (QED) is 0.848. The van der Waals surface area contributed by atoms with E-state index in [-0.39, 0.29) is 30.6 Å². The van der Waals surface area contributed by atoms with Gasteiger partial charge in [0.1, 0.15) is 18.1 Å². The Hall–Kier alpha value is -1.82. The molecular weight excluding hydrogens is 308 g/mol. The number of furan rings is 1. The first kappa shape index (κ1) is 15.7. The van der Waals surface area contributed by atoms with Crippen LogP contribution in [0, 0.1) is 6.92 Å². The molecule has 0 spiro atoms. The van der Waals surface area contributed by atoms with Crippen molar-refractivity contribution in [3.63, 3.8) is 0 Å². The van der Waals surface area contributed by atoms with E-state index in [1.54, 1.807) is 0 Å². The molecule has 2 amide bonds. The highest BCUT2D eigenvalue weighted by Crippen LogP contribution is 2.31. The second kappa shape index (κ2) is 6.24. The lowest BCUT2D eigenvalue weighted by Gasteiger charge is -2.30. The van der Waals surface area contributed by atoms with Crippen molar-refractivity contribution < 1.29 is 18.7 Å². The number of morpholine rings is 1. The van der Waals surface area contributed by atoms with Crippen LogP contribution < -0.4 is 5.32 Å². The molecule has 4 rings (SSSR count). The van der Waals surface area contributed by atoms with E-state index in [0.29, 0.717) is 13.1 Å². The molecule has 1 aliphatic carbocycles. The number of aryl methyl sites for hydroxylation is 2. The summed E-state index contributed by atoms with van der Waals surface area (Å²) in [7, 11) is 0. The Morgan fingerprint density at radius 2 is 2.00 bits per heavy atom. The molecule has 0 bridgehead atoms. The molecule has 2 fully saturated rings. The summed E-state index contributed by atoms with van der Waals surface area (Å²) in [6.07, 6.45) is 5.64. The minimum Gasteiger partial charge on any atom is -0.465 e. The Labute approximate surface area is 141 Å². The van der Waals surface area contributed by atoms with Gasteiger partial charge >= 0.3 is 0 Å². The average molecular weight is 332 g/mol. The Kier molecular flexibility index (Phi) is 4.08. The second-order valence-corrected chi connectivity index (χ2v) is 7.04. The average Bonchev–Trinajstić information content (AvgIpc) is 2.76.